The van der Waals surface area contributed by atoms with Crippen molar-refractivity contribution in [3.63, 3.8) is 0 Å². The van der Waals surface area contributed by atoms with E-state index >= 15 is 0 Å². The molecule has 1 aromatic carbocycles. The topological polar surface area (TPSA) is 82.6 Å². The number of amides is 3. The molecule has 2 aliphatic rings. The van der Waals surface area contributed by atoms with E-state index in [1.807, 2.05) is 0 Å². The van der Waals surface area contributed by atoms with Crippen LogP contribution in [0.4, 0.5) is 0 Å². The predicted octanol–water partition coefficient (Wildman–Crippen LogP) is 3.41. The summed E-state index contributed by atoms with van der Waals surface area (Å²) in [6.45, 7) is 1.65. The monoisotopic (exact) mass is 474 g/mol. The Kier molecular flexibility index (Phi) is 6.96. The summed E-state index contributed by atoms with van der Waals surface area (Å²) in [5, 5.41) is 3.85. The lowest BCUT2D eigenvalue weighted by Crippen LogP contribution is -2.52. The first-order chi connectivity index (χ1) is 15.4. The normalized spacial score (nSPS) is 19.1. The molecule has 0 radical (unpaired) electrons. The molecule has 3 amide bonds. The molecule has 2 fully saturated rings. The minimum Gasteiger partial charge on any atom is -0.351 e. The molecule has 2 saturated heterocycles. The van der Waals surface area contributed by atoms with Crippen molar-refractivity contribution >= 4 is 40.9 Å². The highest BCUT2D eigenvalue weighted by molar-refractivity contribution is 6.35. The minimum absolute atomic E-state index is 0.0232. The van der Waals surface area contributed by atoms with Gasteiger partial charge in [0.25, 0.3) is 11.8 Å². The van der Waals surface area contributed by atoms with Crippen LogP contribution in [0.2, 0.25) is 10.0 Å². The van der Waals surface area contributed by atoms with Crippen LogP contribution in [-0.4, -0.2) is 64.2 Å². The number of pyridine rings is 1. The van der Waals surface area contributed by atoms with Crippen LogP contribution in [0.5, 0.6) is 0 Å². The van der Waals surface area contributed by atoms with Gasteiger partial charge in [-0.15, -0.1) is 0 Å². The van der Waals surface area contributed by atoms with Crippen molar-refractivity contribution in [2.24, 2.45) is 0 Å². The summed E-state index contributed by atoms with van der Waals surface area (Å²) in [5.74, 6) is -0.419. The van der Waals surface area contributed by atoms with Crippen molar-refractivity contribution in [1.29, 1.82) is 0 Å². The van der Waals surface area contributed by atoms with Gasteiger partial charge in [-0.3, -0.25) is 19.4 Å². The summed E-state index contributed by atoms with van der Waals surface area (Å²) >= 11 is 12.1. The van der Waals surface area contributed by atoms with Gasteiger partial charge < -0.3 is 15.1 Å². The molecule has 9 heteroatoms. The first kappa shape index (κ1) is 22.6. The molecular formula is C23H24Cl2N4O3. The fraction of sp³-hybridized carbons (Fsp3) is 0.391. The second-order valence-corrected chi connectivity index (χ2v) is 9.00. The molecule has 0 saturated carbocycles. The Bertz CT molecular complexity index is 989. The first-order valence-corrected chi connectivity index (χ1v) is 11.4. The number of likely N-dealkylation sites (tertiary alicyclic amines) is 2. The smallest absolute Gasteiger partial charge is 0.254 e. The van der Waals surface area contributed by atoms with E-state index in [-0.39, 0.29) is 23.8 Å². The van der Waals surface area contributed by atoms with Crippen LogP contribution in [0, 0.1) is 0 Å². The summed E-state index contributed by atoms with van der Waals surface area (Å²) < 4.78 is 0. The number of hydrogen-bond acceptors (Lipinski definition) is 4. The van der Waals surface area contributed by atoms with E-state index in [2.05, 4.69) is 10.3 Å². The van der Waals surface area contributed by atoms with Gasteiger partial charge in [0.15, 0.2) is 0 Å². The number of carbonyl (C=O) groups is 3. The molecule has 2 aromatic rings. The molecule has 32 heavy (non-hydrogen) atoms. The lowest BCUT2D eigenvalue weighted by atomic mass is 10.0. The van der Waals surface area contributed by atoms with Crippen molar-refractivity contribution in [2.75, 3.05) is 19.6 Å². The van der Waals surface area contributed by atoms with Gasteiger partial charge in [0.2, 0.25) is 5.91 Å². The Balaban J connectivity index is 1.33. The molecule has 168 valence electrons. The van der Waals surface area contributed by atoms with E-state index in [9.17, 15) is 14.4 Å². The van der Waals surface area contributed by atoms with E-state index in [1.54, 1.807) is 52.5 Å². The van der Waals surface area contributed by atoms with Gasteiger partial charge in [-0.05, 0) is 56.0 Å². The molecule has 1 unspecified atom stereocenters. The van der Waals surface area contributed by atoms with Gasteiger partial charge in [-0.2, -0.15) is 0 Å². The maximum absolute atomic E-state index is 13.0. The molecule has 7 nitrogen and oxygen atoms in total. The van der Waals surface area contributed by atoms with Crippen LogP contribution < -0.4 is 5.32 Å². The Hall–Kier alpha value is -2.64. The molecule has 2 aliphatic heterocycles. The summed E-state index contributed by atoms with van der Waals surface area (Å²) in [4.78, 5) is 45.9. The van der Waals surface area contributed by atoms with E-state index in [1.165, 1.54) is 0 Å². The van der Waals surface area contributed by atoms with Gasteiger partial charge >= 0.3 is 0 Å². The highest BCUT2D eigenvalue weighted by atomic mass is 35.5. The van der Waals surface area contributed by atoms with Crippen LogP contribution >= 0.6 is 23.2 Å². The number of nitrogens with zero attached hydrogens (tertiary/aromatic N) is 3. The maximum atomic E-state index is 13.0. The molecule has 3 heterocycles. The summed E-state index contributed by atoms with van der Waals surface area (Å²) in [6, 6.07) is 7.57. The van der Waals surface area contributed by atoms with Gasteiger partial charge in [0.1, 0.15) is 6.04 Å². The number of hydrogen-bond donors (Lipinski definition) is 1. The van der Waals surface area contributed by atoms with Crippen LogP contribution in [0.25, 0.3) is 0 Å². The number of aromatic nitrogens is 1. The van der Waals surface area contributed by atoms with Crippen molar-refractivity contribution in [3.05, 3.63) is 63.9 Å². The van der Waals surface area contributed by atoms with E-state index in [4.69, 9.17) is 23.2 Å². The lowest BCUT2D eigenvalue weighted by Gasteiger charge is -2.33. The fourth-order valence-corrected chi connectivity index (χ4v) is 4.85. The fourth-order valence-electron chi connectivity index (χ4n) is 4.33. The third kappa shape index (κ3) is 5.05. The first-order valence-electron chi connectivity index (χ1n) is 10.7. The van der Waals surface area contributed by atoms with Crippen LogP contribution in [0.3, 0.4) is 0 Å². The molecule has 0 bridgehead atoms. The predicted molar refractivity (Wildman–Crippen MR) is 122 cm³/mol. The number of benzene rings is 1. The molecule has 4 rings (SSSR count). The number of carbonyl (C=O) groups excluding carboxylic acids is 3. The SMILES string of the molecule is O=C(NC1CCN(C(=O)c2ccncc2)CC1)C1CCCN1C(=O)c1cc(Cl)cc(Cl)c1. The second kappa shape index (κ2) is 9.88. The van der Waals surface area contributed by atoms with Crippen LogP contribution in [0.15, 0.2) is 42.7 Å². The van der Waals surface area contributed by atoms with Crippen molar-refractivity contribution in [3.8, 4) is 0 Å². The zero-order valence-corrected chi connectivity index (χ0v) is 19.0. The van der Waals surface area contributed by atoms with Gasteiger partial charge in [0, 0.05) is 59.2 Å². The third-order valence-electron chi connectivity index (χ3n) is 5.98. The summed E-state index contributed by atoms with van der Waals surface area (Å²) in [5.41, 5.74) is 0.994. The van der Waals surface area contributed by atoms with Crippen molar-refractivity contribution in [2.45, 2.75) is 37.8 Å². The van der Waals surface area contributed by atoms with E-state index in [0.717, 1.165) is 6.42 Å². The van der Waals surface area contributed by atoms with E-state index < -0.39 is 6.04 Å². The molecule has 0 aliphatic carbocycles. The molecule has 1 atom stereocenters. The quantitative estimate of drug-likeness (QED) is 0.735. The standard InChI is InChI=1S/C23H24Cl2N4O3/c24-17-12-16(13-18(25)14-17)23(32)29-9-1-2-20(29)21(30)27-19-5-10-28(11-6-19)22(31)15-3-7-26-8-4-15/h3-4,7-8,12-14,19-20H,1-2,5-6,9-11H2,(H,27,30). The maximum Gasteiger partial charge on any atom is 0.254 e. The van der Waals surface area contributed by atoms with Gasteiger partial charge in [0.05, 0.1) is 0 Å². The Morgan fingerprint density at radius 2 is 1.53 bits per heavy atom. The molecule has 1 N–H and O–H groups in total. The zero-order valence-electron chi connectivity index (χ0n) is 17.5. The Morgan fingerprint density at radius 3 is 2.19 bits per heavy atom. The number of piperidine rings is 1. The number of rotatable bonds is 4. The largest absolute Gasteiger partial charge is 0.351 e. The zero-order chi connectivity index (χ0) is 22.7. The summed E-state index contributed by atoms with van der Waals surface area (Å²) in [6.07, 6.45) is 5.93. The average Bonchev–Trinajstić information content (AvgIpc) is 3.29. The Labute approximate surface area is 196 Å². The molecule has 1 aromatic heterocycles. The van der Waals surface area contributed by atoms with E-state index in [0.29, 0.717) is 60.1 Å². The molecule has 0 spiro atoms. The van der Waals surface area contributed by atoms with Crippen LogP contribution in [-0.2, 0) is 4.79 Å². The number of nitrogens with one attached hydrogen (secondary N) is 1. The van der Waals surface area contributed by atoms with Crippen LogP contribution in [0.1, 0.15) is 46.4 Å². The Morgan fingerprint density at radius 1 is 0.875 bits per heavy atom. The van der Waals surface area contributed by atoms with Gasteiger partial charge in [-0.25, -0.2) is 0 Å². The highest BCUT2D eigenvalue weighted by Crippen LogP contribution is 2.25. The van der Waals surface area contributed by atoms with Crippen molar-refractivity contribution in [1.82, 2.24) is 20.1 Å². The van der Waals surface area contributed by atoms with Gasteiger partial charge in [-0.1, -0.05) is 23.2 Å². The third-order valence-corrected chi connectivity index (χ3v) is 6.42. The summed E-state index contributed by atoms with van der Waals surface area (Å²) in [7, 11) is 0. The highest BCUT2D eigenvalue weighted by Gasteiger charge is 2.36. The number of halogens is 2. The average molecular weight is 475 g/mol. The lowest BCUT2D eigenvalue weighted by molar-refractivity contribution is -0.125. The second-order valence-electron chi connectivity index (χ2n) is 8.13. The molecular weight excluding hydrogens is 451 g/mol. The van der Waals surface area contributed by atoms with Crippen molar-refractivity contribution < 1.29 is 14.4 Å². The minimum atomic E-state index is -0.517.